The van der Waals surface area contributed by atoms with Crippen LogP contribution in [0.5, 0.6) is 0 Å². The van der Waals surface area contributed by atoms with E-state index in [9.17, 15) is 9.59 Å². The number of anilines is 2. The van der Waals surface area contributed by atoms with Gasteiger partial charge in [-0.3, -0.25) is 9.59 Å². The predicted molar refractivity (Wildman–Crippen MR) is 93.6 cm³/mol. The van der Waals surface area contributed by atoms with Gasteiger partial charge < -0.3 is 10.6 Å². The van der Waals surface area contributed by atoms with Gasteiger partial charge in [-0.1, -0.05) is 44.2 Å². The molecule has 5 nitrogen and oxygen atoms in total. The van der Waals surface area contributed by atoms with Gasteiger partial charge in [-0.15, -0.1) is 0 Å². The Morgan fingerprint density at radius 3 is 2.08 bits per heavy atom. The van der Waals surface area contributed by atoms with Crippen LogP contribution in [0.2, 0.25) is 0 Å². The van der Waals surface area contributed by atoms with Crippen LogP contribution in [0.15, 0.2) is 42.5 Å². The van der Waals surface area contributed by atoms with Crippen LogP contribution in [-0.4, -0.2) is 11.8 Å². The standard InChI is InChI=1S/C19H19N3O2/c1-3-13-9-7-10-14(4-2)17(13)22-19(24)18(23)21-16-11-6-5-8-15(16)12-20/h5-11H,3-4H2,1-2H3,(H,21,23)(H,22,24). The lowest BCUT2D eigenvalue weighted by molar-refractivity contribution is -0.133. The van der Waals surface area contributed by atoms with Crippen LogP contribution in [0.3, 0.4) is 0 Å². The minimum atomic E-state index is -0.800. The minimum absolute atomic E-state index is 0.307. The predicted octanol–water partition coefficient (Wildman–Crippen LogP) is 3.26. The fraction of sp³-hybridized carbons (Fsp3) is 0.211. The molecule has 0 aliphatic rings. The molecule has 0 heterocycles. The Labute approximate surface area is 141 Å². The second-order valence-corrected chi connectivity index (χ2v) is 5.22. The zero-order valence-corrected chi connectivity index (χ0v) is 13.7. The molecule has 0 saturated heterocycles. The van der Waals surface area contributed by atoms with Crippen LogP contribution < -0.4 is 10.6 Å². The third kappa shape index (κ3) is 3.79. The van der Waals surface area contributed by atoms with Crippen molar-refractivity contribution in [2.75, 3.05) is 10.6 Å². The molecule has 122 valence electrons. The second-order valence-electron chi connectivity index (χ2n) is 5.22. The van der Waals surface area contributed by atoms with Crippen LogP contribution in [0.1, 0.15) is 30.5 Å². The topological polar surface area (TPSA) is 82.0 Å². The van der Waals surface area contributed by atoms with E-state index in [0.717, 1.165) is 24.0 Å². The Hall–Kier alpha value is -3.13. The molecule has 0 fully saturated rings. The molecule has 2 aromatic rings. The molecule has 2 aromatic carbocycles. The number of rotatable bonds is 4. The van der Waals surface area contributed by atoms with Crippen molar-refractivity contribution in [3.8, 4) is 6.07 Å². The maximum atomic E-state index is 12.2. The Kier molecular flexibility index (Phi) is 5.69. The zero-order chi connectivity index (χ0) is 17.5. The van der Waals surface area contributed by atoms with E-state index in [0.29, 0.717) is 16.9 Å². The molecule has 0 radical (unpaired) electrons. The number of carbonyl (C=O) groups excluding carboxylic acids is 2. The van der Waals surface area contributed by atoms with Crippen LogP contribution in [0.4, 0.5) is 11.4 Å². The monoisotopic (exact) mass is 321 g/mol. The highest BCUT2D eigenvalue weighted by atomic mass is 16.2. The fourth-order valence-electron chi connectivity index (χ4n) is 2.44. The highest BCUT2D eigenvalue weighted by Crippen LogP contribution is 2.22. The minimum Gasteiger partial charge on any atom is -0.317 e. The van der Waals surface area contributed by atoms with Gasteiger partial charge >= 0.3 is 11.8 Å². The van der Waals surface area contributed by atoms with Crippen molar-refractivity contribution < 1.29 is 9.59 Å². The van der Waals surface area contributed by atoms with Crippen molar-refractivity contribution in [1.82, 2.24) is 0 Å². The number of para-hydroxylation sites is 2. The summed E-state index contributed by atoms with van der Waals surface area (Å²) in [6.07, 6.45) is 1.50. The molecular formula is C19H19N3O2. The summed E-state index contributed by atoms with van der Waals surface area (Å²) < 4.78 is 0. The smallest absolute Gasteiger partial charge is 0.314 e. The summed E-state index contributed by atoms with van der Waals surface area (Å²) >= 11 is 0. The molecule has 2 rings (SSSR count). The molecule has 0 aromatic heterocycles. The summed E-state index contributed by atoms with van der Waals surface area (Å²) in [6.45, 7) is 3.99. The normalized spacial score (nSPS) is 9.88. The van der Waals surface area contributed by atoms with Crippen molar-refractivity contribution in [2.45, 2.75) is 26.7 Å². The van der Waals surface area contributed by atoms with Gasteiger partial charge in [0.15, 0.2) is 0 Å². The second kappa shape index (κ2) is 7.93. The number of aryl methyl sites for hydroxylation is 2. The van der Waals surface area contributed by atoms with Crippen molar-refractivity contribution >= 4 is 23.2 Å². The van der Waals surface area contributed by atoms with Crippen LogP contribution in [-0.2, 0) is 22.4 Å². The van der Waals surface area contributed by atoms with Gasteiger partial charge in [-0.2, -0.15) is 5.26 Å². The number of nitrogens with zero attached hydrogens (tertiary/aromatic N) is 1. The van der Waals surface area contributed by atoms with E-state index in [1.807, 2.05) is 38.1 Å². The SMILES string of the molecule is CCc1cccc(CC)c1NC(=O)C(=O)Nc1ccccc1C#N. The zero-order valence-electron chi connectivity index (χ0n) is 13.7. The maximum Gasteiger partial charge on any atom is 0.314 e. The molecule has 0 unspecified atom stereocenters. The molecule has 0 atom stereocenters. The van der Waals surface area contributed by atoms with Crippen molar-refractivity contribution in [1.29, 1.82) is 5.26 Å². The van der Waals surface area contributed by atoms with Gasteiger partial charge in [0, 0.05) is 5.69 Å². The summed E-state index contributed by atoms with van der Waals surface area (Å²) in [5.41, 5.74) is 3.28. The number of hydrogen-bond donors (Lipinski definition) is 2. The van der Waals surface area contributed by atoms with Crippen molar-refractivity contribution in [3.05, 3.63) is 59.2 Å². The largest absolute Gasteiger partial charge is 0.317 e. The maximum absolute atomic E-state index is 12.2. The molecule has 0 aliphatic heterocycles. The fourth-order valence-corrected chi connectivity index (χ4v) is 2.44. The Bertz CT molecular complexity index is 784. The molecule has 5 heteroatoms. The van der Waals surface area contributed by atoms with E-state index >= 15 is 0 Å². The highest BCUT2D eigenvalue weighted by Gasteiger charge is 2.18. The van der Waals surface area contributed by atoms with Crippen LogP contribution >= 0.6 is 0 Å². The summed E-state index contributed by atoms with van der Waals surface area (Å²) in [4.78, 5) is 24.4. The molecule has 24 heavy (non-hydrogen) atoms. The van der Waals surface area contributed by atoms with E-state index in [1.165, 1.54) is 0 Å². The van der Waals surface area contributed by atoms with Crippen LogP contribution in [0, 0.1) is 11.3 Å². The first-order chi connectivity index (χ1) is 11.6. The van der Waals surface area contributed by atoms with E-state index in [2.05, 4.69) is 10.6 Å². The summed E-state index contributed by atoms with van der Waals surface area (Å²) in [5.74, 6) is -1.55. The van der Waals surface area contributed by atoms with E-state index in [4.69, 9.17) is 5.26 Å². The molecule has 0 aliphatic carbocycles. The van der Waals surface area contributed by atoms with E-state index in [-0.39, 0.29) is 0 Å². The van der Waals surface area contributed by atoms with E-state index < -0.39 is 11.8 Å². The first-order valence-electron chi connectivity index (χ1n) is 7.82. The Balaban J connectivity index is 2.19. The summed E-state index contributed by atoms with van der Waals surface area (Å²) in [7, 11) is 0. The van der Waals surface area contributed by atoms with Gasteiger partial charge in [0.1, 0.15) is 6.07 Å². The third-order valence-corrected chi connectivity index (χ3v) is 3.74. The number of amides is 2. The molecular weight excluding hydrogens is 302 g/mol. The number of benzene rings is 2. The average Bonchev–Trinajstić information content (AvgIpc) is 2.62. The molecule has 0 spiro atoms. The summed E-state index contributed by atoms with van der Waals surface area (Å²) in [5, 5.41) is 14.2. The molecule has 2 N–H and O–H groups in total. The number of nitriles is 1. The van der Waals surface area contributed by atoms with Gasteiger partial charge in [0.05, 0.1) is 11.3 Å². The Morgan fingerprint density at radius 1 is 0.917 bits per heavy atom. The summed E-state index contributed by atoms with van der Waals surface area (Å²) in [6, 6.07) is 14.3. The number of nitrogens with one attached hydrogen (secondary N) is 2. The molecule has 2 amide bonds. The van der Waals surface area contributed by atoms with Gasteiger partial charge in [0.25, 0.3) is 0 Å². The average molecular weight is 321 g/mol. The first-order valence-corrected chi connectivity index (χ1v) is 7.82. The Morgan fingerprint density at radius 2 is 1.50 bits per heavy atom. The number of carbonyl (C=O) groups is 2. The van der Waals surface area contributed by atoms with Crippen molar-refractivity contribution in [2.24, 2.45) is 0 Å². The molecule has 0 saturated carbocycles. The van der Waals surface area contributed by atoms with Gasteiger partial charge in [0.2, 0.25) is 0 Å². The quantitative estimate of drug-likeness (QED) is 0.848. The van der Waals surface area contributed by atoms with Gasteiger partial charge in [-0.05, 0) is 36.1 Å². The van der Waals surface area contributed by atoms with Crippen molar-refractivity contribution in [3.63, 3.8) is 0 Å². The third-order valence-electron chi connectivity index (χ3n) is 3.74. The highest BCUT2D eigenvalue weighted by molar-refractivity contribution is 6.43. The van der Waals surface area contributed by atoms with Gasteiger partial charge in [-0.25, -0.2) is 0 Å². The lowest BCUT2D eigenvalue weighted by Crippen LogP contribution is -2.30. The lowest BCUT2D eigenvalue weighted by Gasteiger charge is -2.14. The van der Waals surface area contributed by atoms with Crippen LogP contribution in [0.25, 0.3) is 0 Å². The number of hydrogen-bond acceptors (Lipinski definition) is 3. The molecule has 0 bridgehead atoms. The first kappa shape index (κ1) is 17.2. The lowest BCUT2D eigenvalue weighted by atomic mass is 10.0. The van der Waals surface area contributed by atoms with E-state index in [1.54, 1.807) is 24.3 Å².